The first kappa shape index (κ1) is 15.3. The summed E-state index contributed by atoms with van der Waals surface area (Å²) >= 11 is -1.22. The maximum atomic E-state index is 12.4. The first-order valence-electron chi connectivity index (χ1n) is 5.64. The molecular formula is C12H18F2N2OS. The van der Waals surface area contributed by atoms with Gasteiger partial charge in [-0.15, -0.1) is 4.72 Å². The van der Waals surface area contributed by atoms with Crippen molar-refractivity contribution in [2.24, 2.45) is 0 Å². The number of rotatable bonds is 4. The lowest BCUT2D eigenvalue weighted by molar-refractivity contribution is 0.151. The number of nitrogens with one attached hydrogen (secondary N) is 1. The SMILES string of the molecule is C[C@H](N[S+]([O-])C(C)(C)C)c1ccc(C(F)F)cn1. The third-order valence-corrected chi connectivity index (χ3v) is 4.02. The molecular weight excluding hydrogens is 258 g/mol. The van der Waals surface area contributed by atoms with E-state index in [4.69, 9.17) is 0 Å². The molecule has 18 heavy (non-hydrogen) atoms. The highest BCUT2D eigenvalue weighted by atomic mass is 32.2. The Labute approximate surface area is 109 Å². The van der Waals surface area contributed by atoms with Crippen molar-refractivity contribution in [1.82, 2.24) is 9.71 Å². The molecule has 0 aliphatic heterocycles. The average Bonchev–Trinajstić information content (AvgIpc) is 2.27. The van der Waals surface area contributed by atoms with Gasteiger partial charge < -0.3 is 4.55 Å². The van der Waals surface area contributed by atoms with Crippen molar-refractivity contribution in [3.05, 3.63) is 29.6 Å². The number of hydrogen-bond donors (Lipinski definition) is 1. The van der Waals surface area contributed by atoms with Crippen LogP contribution in [0.1, 0.15) is 51.4 Å². The zero-order valence-electron chi connectivity index (χ0n) is 10.9. The molecule has 0 spiro atoms. The van der Waals surface area contributed by atoms with Gasteiger partial charge in [-0.3, -0.25) is 4.98 Å². The van der Waals surface area contributed by atoms with Gasteiger partial charge in [-0.05, 0) is 39.8 Å². The fourth-order valence-electron chi connectivity index (χ4n) is 1.20. The summed E-state index contributed by atoms with van der Waals surface area (Å²) in [6, 6.07) is 2.61. The van der Waals surface area contributed by atoms with Gasteiger partial charge in [0.1, 0.15) is 4.75 Å². The van der Waals surface area contributed by atoms with Gasteiger partial charge in [0.05, 0.1) is 11.7 Å². The Kier molecular flexibility index (Phi) is 5.07. The molecule has 6 heteroatoms. The van der Waals surface area contributed by atoms with Crippen molar-refractivity contribution >= 4 is 11.4 Å². The van der Waals surface area contributed by atoms with Crippen molar-refractivity contribution in [3.8, 4) is 0 Å². The summed E-state index contributed by atoms with van der Waals surface area (Å²) in [6.45, 7) is 7.37. The molecule has 0 aliphatic rings. The van der Waals surface area contributed by atoms with Crippen LogP contribution in [-0.2, 0) is 11.4 Å². The van der Waals surface area contributed by atoms with Gasteiger partial charge in [-0.1, -0.05) is 0 Å². The Morgan fingerprint density at radius 3 is 2.33 bits per heavy atom. The summed E-state index contributed by atoms with van der Waals surface area (Å²) in [5, 5.41) is 0. The maximum absolute atomic E-state index is 12.4. The third-order valence-electron chi connectivity index (χ3n) is 2.34. The smallest absolute Gasteiger partial charge is 0.265 e. The Bertz CT molecular complexity index is 379. The van der Waals surface area contributed by atoms with Crippen molar-refractivity contribution in [2.75, 3.05) is 0 Å². The second-order valence-electron chi connectivity index (χ2n) is 5.04. The minimum absolute atomic E-state index is 0.108. The van der Waals surface area contributed by atoms with Gasteiger partial charge in [0.2, 0.25) is 0 Å². The van der Waals surface area contributed by atoms with Crippen LogP contribution in [0.4, 0.5) is 8.78 Å². The van der Waals surface area contributed by atoms with Crippen LogP contribution in [0.5, 0.6) is 0 Å². The number of nitrogens with zero attached hydrogens (tertiary/aromatic N) is 1. The lowest BCUT2D eigenvalue weighted by Gasteiger charge is -2.26. The van der Waals surface area contributed by atoms with Crippen LogP contribution in [0, 0.1) is 0 Å². The van der Waals surface area contributed by atoms with Crippen LogP contribution in [0.3, 0.4) is 0 Å². The van der Waals surface area contributed by atoms with Gasteiger partial charge in [0.15, 0.2) is 0 Å². The van der Waals surface area contributed by atoms with E-state index in [-0.39, 0.29) is 16.4 Å². The molecule has 1 aromatic rings. The van der Waals surface area contributed by atoms with Crippen LogP contribution in [0.15, 0.2) is 18.3 Å². The summed E-state index contributed by atoms with van der Waals surface area (Å²) in [5.41, 5.74) is 0.486. The predicted octanol–water partition coefficient (Wildman–Crippen LogP) is 3.13. The van der Waals surface area contributed by atoms with Crippen LogP contribution in [0.2, 0.25) is 0 Å². The maximum Gasteiger partial charge on any atom is 0.265 e. The minimum Gasteiger partial charge on any atom is -0.598 e. The van der Waals surface area contributed by atoms with E-state index < -0.39 is 17.8 Å². The van der Waals surface area contributed by atoms with E-state index in [1.807, 2.05) is 20.8 Å². The summed E-state index contributed by atoms with van der Waals surface area (Å²) in [6.07, 6.45) is -1.36. The van der Waals surface area contributed by atoms with Gasteiger partial charge in [0.25, 0.3) is 6.43 Å². The van der Waals surface area contributed by atoms with Crippen molar-refractivity contribution < 1.29 is 13.3 Å². The Balaban J connectivity index is 2.70. The lowest BCUT2D eigenvalue weighted by Crippen LogP contribution is -2.40. The molecule has 0 amide bonds. The van der Waals surface area contributed by atoms with E-state index in [1.165, 1.54) is 12.1 Å². The molecule has 0 saturated carbocycles. The second kappa shape index (κ2) is 5.95. The van der Waals surface area contributed by atoms with Crippen LogP contribution < -0.4 is 4.72 Å². The van der Waals surface area contributed by atoms with E-state index in [2.05, 4.69) is 9.71 Å². The Morgan fingerprint density at radius 1 is 1.33 bits per heavy atom. The largest absolute Gasteiger partial charge is 0.598 e. The molecule has 0 aromatic carbocycles. The van der Waals surface area contributed by atoms with E-state index in [0.717, 1.165) is 6.20 Å². The molecule has 0 bridgehead atoms. The molecule has 1 N–H and O–H groups in total. The highest BCUT2D eigenvalue weighted by Gasteiger charge is 2.28. The topological polar surface area (TPSA) is 48.0 Å². The highest BCUT2D eigenvalue weighted by Crippen LogP contribution is 2.21. The van der Waals surface area contributed by atoms with Crippen LogP contribution in [0.25, 0.3) is 0 Å². The van der Waals surface area contributed by atoms with Crippen molar-refractivity contribution in [1.29, 1.82) is 0 Å². The second-order valence-corrected chi connectivity index (χ2v) is 7.04. The van der Waals surface area contributed by atoms with Crippen LogP contribution in [-0.4, -0.2) is 14.3 Å². The summed E-state index contributed by atoms with van der Waals surface area (Å²) in [4.78, 5) is 3.96. The predicted molar refractivity (Wildman–Crippen MR) is 68.6 cm³/mol. The molecule has 2 atom stereocenters. The third kappa shape index (κ3) is 4.19. The van der Waals surface area contributed by atoms with Gasteiger partial charge in [0, 0.05) is 23.1 Å². The van der Waals surface area contributed by atoms with Crippen molar-refractivity contribution in [2.45, 2.75) is 44.9 Å². The molecule has 1 rings (SSSR count). The van der Waals surface area contributed by atoms with Gasteiger partial charge >= 0.3 is 0 Å². The Morgan fingerprint density at radius 2 is 1.94 bits per heavy atom. The molecule has 0 radical (unpaired) electrons. The first-order chi connectivity index (χ1) is 8.21. The summed E-state index contributed by atoms with van der Waals surface area (Å²) < 4.78 is 39.1. The molecule has 3 nitrogen and oxygen atoms in total. The first-order valence-corrected chi connectivity index (χ1v) is 6.79. The molecule has 102 valence electrons. The van der Waals surface area contributed by atoms with Crippen molar-refractivity contribution in [3.63, 3.8) is 0 Å². The summed E-state index contributed by atoms with van der Waals surface area (Å²) in [5.74, 6) is 0. The van der Waals surface area contributed by atoms with E-state index in [9.17, 15) is 13.3 Å². The van der Waals surface area contributed by atoms with E-state index in [0.29, 0.717) is 5.69 Å². The molecule has 1 heterocycles. The van der Waals surface area contributed by atoms with E-state index >= 15 is 0 Å². The molecule has 0 fully saturated rings. The molecule has 0 saturated heterocycles. The molecule has 1 aromatic heterocycles. The molecule has 1 unspecified atom stereocenters. The van der Waals surface area contributed by atoms with E-state index in [1.54, 1.807) is 6.92 Å². The van der Waals surface area contributed by atoms with Crippen LogP contribution >= 0.6 is 0 Å². The lowest BCUT2D eigenvalue weighted by atomic mass is 10.2. The fraction of sp³-hybridized carbons (Fsp3) is 0.583. The fourth-order valence-corrected chi connectivity index (χ4v) is 2.00. The zero-order chi connectivity index (χ0) is 13.9. The molecule has 0 aliphatic carbocycles. The van der Waals surface area contributed by atoms with Gasteiger partial charge in [-0.25, -0.2) is 8.78 Å². The Hall–Kier alpha value is -0.720. The average molecular weight is 276 g/mol. The monoisotopic (exact) mass is 276 g/mol. The quantitative estimate of drug-likeness (QED) is 0.859. The number of aromatic nitrogens is 1. The number of pyridine rings is 1. The normalized spacial score (nSPS) is 15.8. The summed E-state index contributed by atoms with van der Waals surface area (Å²) in [7, 11) is 0. The number of alkyl halides is 2. The number of halogens is 2. The standard InChI is InChI=1S/C12H18F2N2OS/c1-8(16-18(17)12(2,3)4)10-6-5-9(7-15-10)11(13)14/h5-8,11,16H,1-4H3/t8-,18?/m0/s1. The number of hydrogen-bond acceptors (Lipinski definition) is 3. The zero-order valence-corrected chi connectivity index (χ0v) is 11.7. The van der Waals surface area contributed by atoms with Gasteiger partial charge in [-0.2, -0.15) is 0 Å². The minimum atomic E-state index is -2.52. The highest BCUT2D eigenvalue weighted by molar-refractivity contribution is 7.90.